The Morgan fingerprint density at radius 1 is 0.667 bits per heavy atom. The van der Waals surface area contributed by atoms with Crippen molar-refractivity contribution in [2.75, 3.05) is 0 Å². The molecule has 0 amide bonds. The van der Waals surface area contributed by atoms with Crippen LogP contribution in [-0.2, 0) is 0 Å². The second-order valence-electron chi connectivity index (χ2n) is 0. The average molecular weight is 109 g/mol. The van der Waals surface area contributed by atoms with Gasteiger partial charge in [0.2, 0.25) is 0 Å². The van der Waals surface area contributed by atoms with Gasteiger partial charge in [0.05, 0.1) is 0 Å². The molecule has 0 atom stereocenters. The maximum Gasteiger partial charge on any atom is 0.178 e. The van der Waals surface area contributed by atoms with Crippen LogP contribution in [0.15, 0.2) is 0 Å². The summed E-state index contributed by atoms with van der Waals surface area (Å²) in [6.45, 7) is 0. The lowest BCUT2D eigenvalue weighted by molar-refractivity contribution is 1.11. The fourth-order valence-electron chi connectivity index (χ4n) is 0. The van der Waals surface area contributed by atoms with E-state index in [2.05, 4.69) is 5.64 Å². The first kappa shape index (κ1) is 233. The third-order valence-electron chi connectivity index (χ3n) is 0. The Bertz CT molecular complexity index is 7.51. The molecule has 0 saturated carbocycles. The highest BCUT2D eigenvalue weighted by molar-refractivity contribution is 6.02. The van der Waals surface area contributed by atoms with Crippen molar-refractivity contribution in [2.24, 2.45) is 5.64 Å². The quantitative estimate of drug-likeness (QED) is 0.316. The lowest BCUT2D eigenvalue weighted by Crippen LogP contribution is -1.75. The molecular weight excluding hydrogens is 101 g/mol. The van der Waals surface area contributed by atoms with E-state index >= 15 is 0 Å². The van der Waals surface area contributed by atoms with Crippen molar-refractivity contribution in [3.05, 3.63) is 0 Å². The highest BCUT2D eigenvalue weighted by atomic mass is 19.0. The molecule has 0 unspecified atom stereocenters. The molecule has 0 spiro atoms. The molecule has 6 heavy (non-hydrogen) atoms. The maximum atomic E-state index is 4.50. The van der Waals surface area contributed by atoms with Gasteiger partial charge in [0.1, 0.15) is 0 Å². The Hall–Kier alpha value is -0.255. The van der Waals surface area contributed by atoms with Gasteiger partial charge in [0, 0.05) is 0 Å². The summed E-state index contributed by atoms with van der Waals surface area (Å²) in [5, 5.41) is 0. The van der Waals surface area contributed by atoms with Crippen LogP contribution in [0.5, 0.6) is 0 Å². The Balaban J connectivity index is -0.000000000833. The van der Waals surface area contributed by atoms with E-state index in [0.29, 0.717) is 0 Å². The van der Waals surface area contributed by atoms with Gasteiger partial charge in [-0.05, 0) is 0 Å². The summed E-state index contributed by atoms with van der Waals surface area (Å²) < 4.78 is 0. The minimum atomic E-state index is 0. The minimum absolute atomic E-state index is 0. The highest BCUT2D eigenvalue weighted by Gasteiger charge is 0.939. The van der Waals surface area contributed by atoms with E-state index < -0.39 is 0 Å². The van der Waals surface area contributed by atoms with Crippen molar-refractivity contribution in [2.45, 2.75) is 0 Å². The summed E-state index contributed by atoms with van der Waals surface area (Å²) in [7, 11) is 1.50. The van der Waals surface area contributed by atoms with E-state index in [9.17, 15) is 0 Å². The number of halogens is 4. The standard InChI is InChI=1S/BH4N.4FH/c1-2;;;;/h1-2H2;4*1H. The van der Waals surface area contributed by atoms with Gasteiger partial charge in [0.15, 0.2) is 7.98 Å². The molecule has 0 saturated heterocycles. The molecule has 0 rings (SSSR count). The second-order valence-corrected chi connectivity index (χ2v) is 0. The van der Waals surface area contributed by atoms with Crippen molar-refractivity contribution in [1.82, 2.24) is 0 Å². The summed E-state index contributed by atoms with van der Waals surface area (Å²) in [6, 6.07) is 0. The molecule has 44 valence electrons. The van der Waals surface area contributed by atoms with Gasteiger partial charge >= 0.3 is 0 Å². The molecule has 6 heteroatoms. The third kappa shape index (κ3) is 434. The summed E-state index contributed by atoms with van der Waals surface area (Å²) in [5.41, 5.74) is 4.50. The monoisotopic (exact) mass is 109 g/mol. The van der Waals surface area contributed by atoms with Gasteiger partial charge < -0.3 is 5.64 Å². The predicted octanol–water partition coefficient (Wildman–Crippen LogP) is -0.897. The van der Waals surface area contributed by atoms with Crippen LogP contribution in [-0.4, -0.2) is 7.98 Å². The van der Waals surface area contributed by atoms with E-state index in [1.807, 2.05) is 0 Å². The van der Waals surface area contributed by atoms with Gasteiger partial charge in [-0.1, -0.05) is 0 Å². The molecule has 0 aliphatic heterocycles. The van der Waals surface area contributed by atoms with E-state index in [0.717, 1.165) is 0 Å². The van der Waals surface area contributed by atoms with E-state index in [4.69, 9.17) is 0 Å². The lowest BCUT2D eigenvalue weighted by atomic mass is 10.5. The van der Waals surface area contributed by atoms with Crippen molar-refractivity contribution in [1.29, 1.82) is 0 Å². The smallest absolute Gasteiger partial charge is 0.178 e. The lowest BCUT2D eigenvalue weighted by Gasteiger charge is -1.14. The first-order valence-corrected chi connectivity index (χ1v) is 0.577. The molecule has 0 heterocycles. The largest absolute Gasteiger partial charge is 0.376 e. The summed E-state index contributed by atoms with van der Waals surface area (Å²) >= 11 is 0. The zero-order valence-corrected chi connectivity index (χ0v) is 3.21. The van der Waals surface area contributed by atoms with Crippen molar-refractivity contribution < 1.29 is 18.8 Å². The summed E-state index contributed by atoms with van der Waals surface area (Å²) in [6.07, 6.45) is 0. The average Bonchev–Trinajstić information content (AvgIpc) is 1.00. The molecule has 0 fully saturated rings. The van der Waals surface area contributed by atoms with Crippen LogP contribution in [0.2, 0.25) is 0 Å². The summed E-state index contributed by atoms with van der Waals surface area (Å²) in [5.74, 6) is 0. The van der Waals surface area contributed by atoms with Crippen LogP contribution in [0.25, 0.3) is 0 Å². The van der Waals surface area contributed by atoms with Gasteiger partial charge in [0.25, 0.3) is 0 Å². The predicted molar refractivity (Wildman–Crippen MR) is 22.7 cm³/mol. The van der Waals surface area contributed by atoms with Crippen LogP contribution in [0.4, 0.5) is 18.8 Å². The number of hydrogen-bond acceptors (Lipinski definition) is 1. The Kier molecular flexibility index (Phi) is 39700. The molecule has 0 aromatic heterocycles. The zero-order chi connectivity index (χ0) is 2.00. The van der Waals surface area contributed by atoms with Crippen molar-refractivity contribution in [3.8, 4) is 0 Å². The fraction of sp³-hybridized carbons (Fsp3) is 0. The molecule has 0 bridgehead atoms. The van der Waals surface area contributed by atoms with Crippen LogP contribution in [0.1, 0.15) is 0 Å². The van der Waals surface area contributed by atoms with Crippen LogP contribution >= 0.6 is 0 Å². The first-order valence-electron chi connectivity index (χ1n) is 0.577. The van der Waals surface area contributed by atoms with Crippen LogP contribution in [0, 0.1) is 0 Å². The zero-order valence-electron chi connectivity index (χ0n) is 3.21. The molecule has 2 N–H and O–H groups in total. The van der Waals surface area contributed by atoms with Crippen molar-refractivity contribution in [3.63, 3.8) is 0 Å². The minimum Gasteiger partial charge on any atom is -0.376 e. The van der Waals surface area contributed by atoms with E-state index in [1.165, 1.54) is 7.98 Å². The van der Waals surface area contributed by atoms with Crippen LogP contribution < -0.4 is 5.64 Å². The van der Waals surface area contributed by atoms with Crippen LogP contribution in [0.3, 0.4) is 0 Å². The molecule has 0 aromatic carbocycles. The second kappa shape index (κ2) is 1020. The maximum absolute atomic E-state index is 4.50. The van der Waals surface area contributed by atoms with Gasteiger partial charge in [-0.2, -0.15) is 0 Å². The third-order valence-corrected chi connectivity index (χ3v) is 0. The number of hydrogen-bond donors (Lipinski definition) is 1. The first-order chi connectivity index (χ1) is 1.00. The highest BCUT2D eigenvalue weighted by Crippen LogP contribution is 0.423. The molecule has 0 radical (unpaired) electrons. The topological polar surface area (TPSA) is 26.0 Å². The Labute approximate surface area is 33.8 Å². The molecule has 1 nitrogen and oxygen atoms in total. The molecule has 0 aromatic rings. The Morgan fingerprint density at radius 2 is 0.667 bits per heavy atom. The number of nitrogens with two attached hydrogens (primary N) is 1. The Morgan fingerprint density at radius 3 is 0.667 bits per heavy atom. The van der Waals surface area contributed by atoms with Gasteiger partial charge in [-0.3, -0.25) is 18.8 Å². The molecular formula is H8BF4N. The number of rotatable bonds is 0. The normalized spacial score (nSPS) is 0.833. The molecule has 0 aliphatic carbocycles. The van der Waals surface area contributed by atoms with Crippen molar-refractivity contribution >= 4 is 7.98 Å². The van der Waals surface area contributed by atoms with E-state index in [1.54, 1.807) is 0 Å². The fourth-order valence-corrected chi connectivity index (χ4v) is 0. The SMILES string of the molecule is BN.F.F.F.F. The summed E-state index contributed by atoms with van der Waals surface area (Å²) in [4.78, 5) is 0. The molecule has 0 aliphatic rings. The van der Waals surface area contributed by atoms with Gasteiger partial charge in [-0.15, -0.1) is 0 Å². The van der Waals surface area contributed by atoms with Gasteiger partial charge in [-0.25, -0.2) is 0 Å². The van der Waals surface area contributed by atoms with E-state index in [-0.39, 0.29) is 18.8 Å².